The Morgan fingerprint density at radius 2 is 1.80 bits per heavy atom. The van der Waals surface area contributed by atoms with Gasteiger partial charge in [0.15, 0.2) is 0 Å². The van der Waals surface area contributed by atoms with E-state index >= 15 is 0 Å². The van der Waals surface area contributed by atoms with E-state index in [0.29, 0.717) is 16.2 Å². The number of para-hydroxylation sites is 1. The average Bonchev–Trinajstić information content (AvgIpc) is 3.09. The summed E-state index contributed by atoms with van der Waals surface area (Å²) in [5.74, 6) is 0.0470. The van der Waals surface area contributed by atoms with E-state index in [9.17, 15) is 4.79 Å². The van der Waals surface area contributed by atoms with Gasteiger partial charge in [-0.2, -0.15) is 0 Å². The molecule has 2 aromatic heterocycles. The molecule has 0 spiro atoms. The number of aromatic nitrogens is 2. The molecule has 0 aliphatic heterocycles. The quantitative estimate of drug-likeness (QED) is 0.407. The van der Waals surface area contributed by atoms with Crippen LogP contribution in [0.4, 0.5) is 6.01 Å². The van der Waals surface area contributed by atoms with E-state index in [1.165, 1.54) is 6.21 Å². The van der Waals surface area contributed by atoms with Crippen LogP contribution in [0.5, 0.6) is 0 Å². The van der Waals surface area contributed by atoms with Gasteiger partial charge in [-0.15, -0.1) is 5.10 Å². The smallest absolute Gasteiger partial charge is 0.349 e. The number of fused-ring (bicyclic) bond motifs is 1. The summed E-state index contributed by atoms with van der Waals surface area (Å²) in [5.41, 5.74) is 0.844. The van der Waals surface area contributed by atoms with E-state index in [0.717, 1.165) is 5.39 Å². The summed E-state index contributed by atoms with van der Waals surface area (Å²) < 4.78 is 10.7. The highest BCUT2D eigenvalue weighted by molar-refractivity contribution is 6.33. The van der Waals surface area contributed by atoms with Crippen LogP contribution in [-0.4, -0.2) is 16.4 Å². The van der Waals surface area contributed by atoms with Crippen LogP contribution in [0.3, 0.4) is 0 Å². The van der Waals surface area contributed by atoms with Gasteiger partial charge in [0, 0.05) is 22.2 Å². The summed E-state index contributed by atoms with van der Waals surface area (Å²) in [6.45, 7) is 0. The third-order valence-corrected chi connectivity index (χ3v) is 3.85. The van der Waals surface area contributed by atoms with Crippen LogP contribution in [0.25, 0.3) is 22.4 Å². The van der Waals surface area contributed by atoms with Gasteiger partial charge in [-0.1, -0.05) is 53.1 Å². The Morgan fingerprint density at radius 1 is 1.00 bits per heavy atom. The van der Waals surface area contributed by atoms with Crippen molar-refractivity contribution in [2.75, 3.05) is 0 Å². The topological polar surface area (TPSA) is 81.5 Å². The van der Waals surface area contributed by atoms with Crippen molar-refractivity contribution in [2.24, 2.45) is 4.99 Å². The summed E-state index contributed by atoms with van der Waals surface area (Å²) in [7, 11) is 0. The van der Waals surface area contributed by atoms with Crippen LogP contribution in [-0.2, 0) is 0 Å². The first-order valence-corrected chi connectivity index (χ1v) is 7.74. The maximum atomic E-state index is 12.1. The lowest BCUT2D eigenvalue weighted by Crippen LogP contribution is -2.02. The highest BCUT2D eigenvalue weighted by Gasteiger charge is 2.14. The lowest BCUT2D eigenvalue weighted by molar-refractivity contribution is 0.546. The number of aliphatic imine (C=N–C) groups is 1. The zero-order chi connectivity index (χ0) is 17.2. The number of nitrogens with zero attached hydrogens (tertiary/aromatic N) is 3. The molecule has 0 atom stereocenters. The standard InChI is InChI=1S/C18H10ClN3O3/c19-14-7-3-1-6-12(14)10-20-18-22-21-16(25-18)13-9-11-5-2-4-8-15(11)24-17(13)23/h1-10H/b20-10+. The van der Waals surface area contributed by atoms with Gasteiger partial charge in [-0.25, -0.2) is 9.79 Å². The largest absolute Gasteiger partial charge is 0.422 e. The van der Waals surface area contributed by atoms with Gasteiger partial charge in [-0.3, -0.25) is 0 Å². The summed E-state index contributed by atoms with van der Waals surface area (Å²) in [6.07, 6.45) is 1.52. The van der Waals surface area contributed by atoms with Crippen LogP contribution in [0.15, 0.2) is 73.2 Å². The van der Waals surface area contributed by atoms with Crippen molar-refractivity contribution >= 4 is 34.8 Å². The molecule has 0 saturated heterocycles. The maximum absolute atomic E-state index is 12.1. The summed E-state index contributed by atoms with van der Waals surface area (Å²) in [5, 5.41) is 9.00. The third-order valence-electron chi connectivity index (χ3n) is 3.51. The van der Waals surface area contributed by atoms with E-state index in [4.69, 9.17) is 20.4 Å². The van der Waals surface area contributed by atoms with Crippen molar-refractivity contribution in [2.45, 2.75) is 0 Å². The lowest BCUT2D eigenvalue weighted by Gasteiger charge is -1.97. The van der Waals surface area contributed by atoms with Gasteiger partial charge in [0.1, 0.15) is 11.1 Å². The van der Waals surface area contributed by atoms with Crippen LogP contribution >= 0.6 is 11.6 Å². The number of hydrogen-bond acceptors (Lipinski definition) is 6. The summed E-state index contributed by atoms with van der Waals surface area (Å²) >= 11 is 6.06. The van der Waals surface area contributed by atoms with Gasteiger partial charge in [0.2, 0.25) is 0 Å². The highest BCUT2D eigenvalue weighted by atomic mass is 35.5. The molecule has 2 heterocycles. The minimum absolute atomic E-state index is 0.0162. The van der Waals surface area contributed by atoms with E-state index in [1.54, 1.807) is 30.3 Å². The molecule has 0 radical (unpaired) electrons. The number of benzene rings is 2. The molecule has 0 fully saturated rings. The second-order valence-electron chi connectivity index (χ2n) is 5.15. The first-order chi connectivity index (χ1) is 12.2. The zero-order valence-electron chi connectivity index (χ0n) is 12.7. The molecule has 0 bridgehead atoms. The number of rotatable bonds is 3. The van der Waals surface area contributed by atoms with Gasteiger partial charge < -0.3 is 8.83 Å². The van der Waals surface area contributed by atoms with Gasteiger partial charge in [0.05, 0.1) is 0 Å². The van der Waals surface area contributed by atoms with Gasteiger partial charge >= 0.3 is 11.6 Å². The Hall–Kier alpha value is -3.25. The molecular formula is C18H10ClN3O3. The van der Waals surface area contributed by atoms with Crippen molar-refractivity contribution in [3.8, 4) is 11.5 Å². The zero-order valence-corrected chi connectivity index (χ0v) is 13.5. The number of halogens is 1. The third kappa shape index (κ3) is 3.07. The molecule has 0 saturated carbocycles. The molecular weight excluding hydrogens is 342 g/mol. The van der Waals surface area contributed by atoms with Crippen LogP contribution in [0.2, 0.25) is 5.02 Å². The Kier molecular flexibility index (Phi) is 3.87. The molecule has 0 aliphatic rings. The van der Waals surface area contributed by atoms with Crippen molar-refractivity contribution in [3.63, 3.8) is 0 Å². The number of hydrogen-bond donors (Lipinski definition) is 0. The first-order valence-electron chi connectivity index (χ1n) is 7.36. The monoisotopic (exact) mass is 351 g/mol. The first kappa shape index (κ1) is 15.3. The fraction of sp³-hybridized carbons (Fsp3) is 0. The molecule has 25 heavy (non-hydrogen) atoms. The molecule has 0 amide bonds. The predicted molar refractivity (Wildman–Crippen MR) is 94.5 cm³/mol. The summed E-state index contributed by atoms with van der Waals surface area (Å²) in [6, 6.07) is 16.1. The van der Waals surface area contributed by atoms with Crippen molar-refractivity contribution in [1.82, 2.24) is 10.2 Å². The van der Waals surface area contributed by atoms with Gasteiger partial charge in [0.25, 0.3) is 5.89 Å². The molecule has 0 unspecified atom stereocenters. The fourth-order valence-electron chi connectivity index (χ4n) is 2.29. The molecule has 0 aliphatic carbocycles. The second-order valence-corrected chi connectivity index (χ2v) is 5.56. The molecule has 4 rings (SSSR count). The molecule has 6 nitrogen and oxygen atoms in total. The van der Waals surface area contributed by atoms with E-state index in [1.807, 2.05) is 24.3 Å². The Morgan fingerprint density at radius 3 is 2.68 bits per heavy atom. The summed E-state index contributed by atoms with van der Waals surface area (Å²) in [4.78, 5) is 16.2. The van der Waals surface area contributed by atoms with Crippen molar-refractivity contribution in [1.29, 1.82) is 0 Å². The molecule has 4 aromatic rings. The molecule has 2 aromatic carbocycles. The van der Waals surface area contributed by atoms with E-state index in [2.05, 4.69) is 15.2 Å². The van der Waals surface area contributed by atoms with E-state index < -0.39 is 5.63 Å². The van der Waals surface area contributed by atoms with Crippen molar-refractivity contribution < 1.29 is 8.83 Å². The minimum atomic E-state index is -0.552. The van der Waals surface area contributed by atoms with Crippen LogP contribution in [0, 0.1) is 0 Å². The highest BCUT2D eigenvalue weighted by Crippen LogP contribution is 2.22. The Balaban J connectivity index is 1.69. The van der Waals surface area contributed by atoms with E-state index in [-0.39, 0.29) is 17.5 Å². The van der Waals surface area contributed by atoms with Gasteiger partial charge in [-0.05, 0) is 18.2 Å². The second kappa shape index (κ2) is 6.33. The average molecular weight is 352 g/mol. The minimum Gasteiger partial charge on any atom is -0.422 e. The lowest BCUT2D eigenvalue weighted by atomic mass is 10.2. The van der Waals surface area contributed by atoms with Crippen LogP contribution < -0.4 is 5.63 Å². The predicted octanol–water partition coefficient (Wildman–Crippen LogP) is 4.25. The Labute approximate surface area is 146 Å². The van der Waals surface area contributed by atoms with Crippen LogP contribution in [0.1, 0.15) is 5.56 Å². The Bertz CT molecular complexity index is 1150. The molecule has 0 N–H and O–H groups in total. The fourth-order valence-corrected chi connectivity index (χ4v) is 2.48. The normalized spacial score (nSPS) is 11.4. The molecule has 7 heteroatoms. The maximum Gasteiger partial charge on any atom is 0.349 e. The SMILES string of the molecule is O=c1oc2ccccc2cc1-c1nnc(/N=C/c2ccccc2Cl)o1. The molecule has 122 valence electrons. The van der Waals surface area contributed by atoms with Crippen molar-refractivity contribution in [3.05, 3.63) is 75.6 Å².